The Hall–Kier alpha value is -1.10. The van der Waals surface area contributed by atoms with E-state index in [9.17, 15) is 9.59 Å². The van der Waals surface area contributed by atoms with E-state index in [2.05, 4.69) is 36.3 Å². The third kappa shape index (κ3) is 2.66. The van der Waals surface area contributed by atoms with E-state index < -0.39 is 5.54 Å². The summed E-state index contributed by atoms with van der Waals surface area (Å²) in [6, 6.07) is 0.445. The predicted molar refractivity (Wildman–Crippen MR) is 71.3 cm³/mol. The van der Waals surface area contributed by atoms with E-state index in [1.807, 2.05) is 13.8 Å². The van der Waals surface area contributed by atoms with Crippen molar-refractivity contribution >= 4 is 11.9 Å². The van der Waals surface area contributed by atoms with Gasteiger partial charge in [-0.3, -0.25) is 15.0 Å². The maximum atomic E-state index is 11.8. The Bertz CT molecular complexity index is 330. The number of likely N-dealkylation sites (tertiary alicyclic amines) is 1. The number of rotatable bonds is 1. The summed E-state index contributed by atoms with van der Waals surface area (Å²) in [5, 5.41) is 5.12. The van der Waals surface area contributed by atoms with Gasteiger partial charge >= 0.3 is 6.03 Å². The van der Waals surface area contributed by atoms with Crippen LogP contribution in [0.5, 0.6) is 0 Å². The molecule has 0 aromatic carbocycles. The normalized spacial score (nSPS) is 32.0. The van der Waals surface area contributed by atoms with Crippen molar-refractivity contribution in [3.05, 3.63) is 0 Å². The number of piperidine rings is 1. The Morgan fingerprint density at radius 2 is 1.94 bits per heavy atom. The molecule has 0 aliphatic carbocycles. The van der Waals surface area contributed by atoms with Crippen LogP contribution in [0.2, 0.25) is 0 Å². The lowest BCUT2D eigenvalue weighted by molar-refractivity contribution is -0.126. The third-order valence-corrected chi connectivity index (χ3v) is 3.68. The van der Waals surface area contributed by atoms with Crippen molar-refractivity contribution in [3.8, 4) is 0 Å². The third-order valence-electron chi connectivity index (χ3n) is 3.68. The van der Waals surface area contributed by atoms with Gasteiger partial charge in [0.25, 0.3) is 5.91 Å². The average molecular weight is 255 g/mol. The van der Waals surface area contributed by atoms with Gasteiger partial charge in [0.2, 0.25) is 0 Å². The molecule has 0 radical (unpaired) electrons. The molecule has 0 aromatic rings. The summed E-state index contributed by atoms with van der Waals surface area (Å²) in [7, 11) is 0. The van der Waals surface area contributed by atoms with Crippen molar-refractivity contribution in [2.75, 3.05) is 6.54 Å². The van der Waals surface area contributed by atoms with Crippen molar-refractivity contribution in [2.45, 2.75) is 65.1 Å². The van der Waals surface area contributed by atoms with Crippen LogP contribution < -0.4 is 10.6 Å². The minimum Gasteiger partial charge on any atom is -0.323 e. The van der Waals surface area contributed by atoms with Crippen molar-refractivity contribution < 1.29 is 9.59 Å². The van der Waals surface area contributed by atoms with Crippen LogP contribution in [0.15, 0.2) is 0 Å². The van der Waals surface area contributed by atoms with Gasteiger partial charge in [0, 0.05) is 18.6 Å². The summed E-state index contributed by atoms with van der Waals surface area (Å²) in [5.41, 5.74) is -0.651. The Morgan fingerprint density at radius 3 is 2.33 bits per heavy atom. The molecule has 2 unspecified atom stereocenters. The SMILES string of the molecule is CC.CC(C)N1CCC2(CC1C)NC(=O)NC2=O. The van der Waals surface area contributed by atoms with E-state index in [1.165, 1.54) is 0 Å². The summed E-state index contributed by atoms with van der Waals surface area (Å²) >= 11 is 0. The lowest BCUT2D eigenvalue weighted by atomic mass is 9.83. The van der Waals surface area contributed by atoms with Crippen molar-refractivity contribution in [1.29, 1.82) is 0 Å². The molecule has 1 spiro atoms. The van der Waals surface area contributed by atoms with Crippen LogP contribution in [0.25, 0.3) is 0 Å². The molecule has 2 heterocycles. The van der Waals surface area contributed by atoms with Crippen LogP contribution in [-0.2, 0) is 4.79 Å². The molecule has 18 heavy (non-hydrogen) atoms. The molecule has 3 amide bonds. The Morgan fingerprint density at radius 1 is 1.33 bits per heavy atom. The second-order valence-electron chi connectivity index (χ2n) is 5.13. The number of hydrogen-bond acceptors (Lipinski definition) is 3. The van der Waals surface area contributed by atoms with Gasteiger partial charge < -0.3 is 5.32 Å². The quantitative estimate of drug-likeness (QED) is 0.698. The highest BCUT2D eigenvalue weighted by molar-refractivity contribution is 6.07. The van der Waals surface area contributed by atoms with Gasteiger partial charge in [-0.1, -0.05) is 13.8 Å². The number of hydrogen-bond donors (Lipinski definition) is 2. The predicted octanol–water partition coefficient (Wildman–Crippen LogP) is 1.48. The number of imide groups is 1. The van der Waals surface area contributed by atoms with E-state index in [-0.39, 0.29) is 11.9 Å². The van der Waals surface area contributed by atoms with Crippen LogP contribution in [0, 0.1) is 0 Å². The van der Waals surface area contributed by atoms with Gasteiger partial charge in [-0.15, -0.1) is 0 Å². The van der Waals surface area contributed by atoms with Crippen LogP contribution in [0.3, 0.4) is 0 Å². The minimum atomic E-state index is -0.651. The zero-order chi connectivity index (χ0) is 13.9. The molecule has 2 atom stereocenters. The number of carbonyl (C=O) groups is 2. The van der Waals surface area contributed by atoms with Crippen LogP contribution in [0.4, 0.5) is 4.79 Å². The minimum absolute atomic E-state index is 0.159. The Labute approximate surface area is 109 Å². The summed E-state index contributed by atoms with van der Waals surface area (Å²) in [6.45, 7) is 11.3. The number of nitrogens with one attached hydrogen (secondary N) is 2. The van der Waals surface area contributed by atoms with Crippen LogP contribution in [0.1, 0.15) is 47.5 Å². The highest BCUT2D eigenvalue weighted by Gasteiger charge is 2.49. The second-order valence-corrected chi connectivity index (χ2v) is 5.13. The second kappa shape index (κ2) is 5.69. The van der Waals surface area contributed by atoms with Crippen molar-refractivity contribution in [3.63, 3.8) is 0 Å². The monoisotopic (exact) mass is 255 g/mol. The fraction of sp³-hybridized carbons (Fsp3) is 0.846. The maximum Gasteiger partial charge on any atom is 0.322 e. The zero-order valence-electron chi connectivity index (χ0n) is 12.0. The molecule has 5 heteroatoms. The van der Waals surface area contributed by atoms with Gasteiger partial charge in [0.05, 0.1) is 0 Å². The molecule has 2 N–H and O–H groups in total. The smallest absolute Gasteiger partial charge is 0.322 e. The molecular weight excluding hydrogens is 230 g/mol. The largest absolute Gasteiger partial charge is 0.323 e. The van der Waals surface area contributed by atoms with E-state index in [4.69, 9.17) is 0 Å². The molecular formula is C13H25N3O2. The first kappa shape index (κ1) is 15.0. The molecule has 2 aliphatic heterocycles. The van der Waals surface area contributed by atoms with Crippen molar-refractivity contribution in [1.82, 2.24) is 15.5 Å². The molecule has 0 aromatic heterocycles. The molecule has 104 valence electrons. The number of amides is 3. The van der Waals surface area contributed by atoms with Gasteiger partial charge in [0.1, 0.15) is 5.54 Å². The molecule has 2 rings (SSSR count). The summed E-state index contributed by atoms with van der Waals surface area (Å²) in [5.74, 6) is -0.159. The topological polar surface area (TPSA) is 61.4 Å². The molecule has 0 saturated carbocycles. The highest BCUT2D eigenvalue weighted by Crippen LogP contribution is 2.30. The van der Waals surface area contributed by atoms with Crippen molar-refractivity contribution in [2.24, 2.45) is 0 Å². The Kier molecular flexibility index (Phi) is 4.73. The highest BCUT2D eigenvalue weighted by atomic mass is 16.2. The Balaban J connectivity index is 0.000000771. The summed E-state index contributed by atoms with van der Waals surface area (Å²) < 4.78 is 0. The lowest BCUT2D eigenvalue weighted by Crippen LogP contribution is -2.59. The van der Waals surface area contributed by atoms with Crippen LogP contribution in [-0.4, -0.2) is 41.0 Å². The lowest BCUT2D eigenvalue weighted by Gasteiger charge is -2.43. The maximum absolute atomic E-state index is 11.8. The fourth-order valence-electron chi connectivity index (χ4n) is 2.88. The first-order valence-corrected chi connectivity index (χ1v) is 6.84. The average Bonchev–Trinajstić information content (AvgIpc) is 2.55. The van der Waals surface area contributed by atoms with Crippen LogP contribution >= 0.6 is 0 Å². The molecule has 0 bridgehead atoms. The summed E-state index contributed by atoms with van der Waals surface area (Å²) in [4.78, 5) is 25.3. The van der Waals surface area contributed by atoms with Gasteiger partial charge in [-0.05, 0) is 33.6 Å². The zero-order valence-corrected chi connectivity index (χ0v) is 12.0. The molecule has 2 saturated heterocycles. The molecule has 2 aliphatic rings. The van der Waals surface area contributed by atoms with E-state index in [1.54, 1.807) is 0 Å². The van der Waals surface area contributed by atoms with Gasteiger partial charge in [-0.25, -0.2) is 4.79 Å². The number of urea groups is 1. The fourth-order valence-corrected chi connectivity index (χ4v) is 2.88. The first-order valence-electron chi connectivity index (χ1n) is 6.84. The van der Waals surface area contributed by atoms with Gasteiger partial charge in [-0.2, -0.15) is 0 Å². The molecule has 2 fully saturated rings. The van der Waals surface area contributed by atoms with E-state index in [0.717, 1.165) is 6.54 Å². The summed E-state index contributed by atoms with van der Waals surface area (Å²) in [6.07, 6.45) is 1.40. The van der Waals surface area contributed by atoms with E-state index >= 15 is 0 Å². The number of carbonyl (C=O) groups excluding carboxylic acids is 2. The van der Waals surface area contributed by atoms with Gasteiger partial charge in [0.15, 0.2) is 0 Å². The standard InChI is InChI=1S/C11H19N3O2.C2H6/c1-7(2)14-5-4-11(6-8(14)3)9(15)12-10(16)13-11;1-2/h7-8H,4-6H2,1-3H3,(H2,12,13,15,16);1-2H3. The molecule has 5 nitrogen and oxygen atoms in total. The van der Waals surface area contributed by atoms with E-state index in [0.29, 0.717) is 24.9 Å². The number of nitrogens with zero attached hydrogens (tertiary/aromatic N) is 1. The first-order chi connectivity index (χ1) is 8.44.